The molecule has 0 N–H and O–H groups in total. The summed E-state index contributed by atoms with van der Waals surface area (Å²) in [4.78, 5) is 61.0. The van der Waals surface area contributed by atoms with Crippen molar-refractivity contribution < 1.29 is 33.4 Å². The van der Waals surface area contributed by atoms with E-state index in [4.69, 9.17) is 9.47 Å². The molecule has 0 aromatic heterocycles. The number of hydrogen-bond donors (Lipinski definition) is 0. The quantitative estimate of drug-likeness (QED) is 0.190. The Morgan fingerprint density at radius 1 is 0.714 bits per heavy atom. The largest absolute Gasteiger partial charge is 0.466 e. The average Bonchev–Trinajstić information content (AvgIpc) is 2.86. The van der Waals surface area contributed by atoms with Crippen LogP contribution in [0.1, 0.15) is 65.2 Å². The van der Waals surface area contributed by atoms with E-state index in [0.717, 1.165) is 35.5 Å². The van der Waals surface area contributed by atoms with Gasteiger partial charge in [0.05, 0.1) is 13.2 Å². The zero-order valence-electron chi connectivity index (χ0n) is 16.7. The van der Waals surface area contributed by atoms with E-state index in [9.17, 15) is 24.0 Å². The van der Waals surface area contributed by atoms with Crippen LogP contribution in [0.2, 0.25) is 0 Å². The van der Waals surface area contributed by atoms with Crippen LogP contribution in [0.25, 0.3) is 0 Å². The zero-order valence-corrected chi connectivity index (χ0v) is 16.7. The molecule has 0 aromatic rings. The van der Waals surface area contributed by atoms with Crippen molar-refractivity contribution in [1.29, 1.82) is 0 Å². The third-order valence-electron chi connectivity index (χ3n) is 4.18. The van der Waals surface area contributed by atoms with Gasteiger partial charge in [0.15, 0.2) is 0 Å². The van der Waals surface area contributed by atoms with Gasteiger partial charge in [-0.05, 0) is 25.7 Å². The first kappa shape index (κ1) is 23.6. The van der Waals surface area contributed by atoms with Gasteiger partial charge < -0.3 is 9.47 Å². The number of amides is 4. The Morgan fingerprint density at radius 3 is 1.46 bits per heavy atom. The second-order valence-corrected chi connectivity index (χ2v) is 6.55. The molecular weight excluding hydrogens is 368 g/mol. The molecular formula is C19H30N2O7. The van der Waals surface area contributed by atoms with Gasteiger partial charge >= 0.3 is 29.8 Å². The van der Waals surface area contributed by atoms with E-state index in [-0.39, 0.29) is 38.8 Å². The smallest absolute Gasteiger partial charge is 0.334 e. The topological polar surface area (TPSA) is 110 Å². The van der Waals surface area contributed by atoms with E-state index in [1.165, 1.54) is 0 Å². The molecule has 1 fully saturated rings. The molecule has 1 aliphatic rings. The number of hydrogen-bond acceptors (Lipinski definition) is 7. The molecule has 4 amide bonds. The van der Waals surface area contributed by atoms with Crippen molar-refractivity contribution in [3.05, 3.63) is 0 Å². The molecule has 0 unspecified atom stereocenters. The maximum Gasteiger partial charge on any atom is 0.334 e. The van der Waals surface area contributed by atoms with Crippen LogP contribution in [0, 0.1) is 0 Å². The van der Waals surface area contributed by atoms with E-state index in [0.29, 0.717) is 13.2 Å². The summed E-state index contributed by atoms with van der Waals surface area (Å²) in [5.74, 6) is -2.60. The lowest BCUT2D eigenvalue weighted by Gasteiger charge is -2.15. The number of carbonyl (C=O) groups excluding carboxylic acids is 5. The highest BCUT2D eigenvalue weighted by Crippen LogP contribution is 2.14. The molecule has 28 heavy (non-hydrogen) atoms. The minimum absolute atomic E-state index is 0.0259. The van der Waals surface area contributed by atoms with Crippen LogP contribution >= 0.6 is 0 Å². The van der Waals surface area contributed by atoms with Gasteiger partial charge in [0.25, 0.3) is 0 Å². The fraction of sp³-hybridized carbons (Fsp3) is 0.737. The van der Waals surface area contributed by atoms with Gasteiger partial charge in [-0.2, -0.15) is 0 Å². The summed E-state index contributed by atoms with van der Waals surface area (Å²) >= 11 is 0. The second-order valence-electron chi connectivity index (χ2n) is 6.55. The normalized spacial score (nSPS) is 14.0. The first-order chi connectivity index (χ1) is 13.4. The third kappa shape index (κ3) is 7.66. The van der Waals surface area contributed by atoms with Gasteiger partial charge in [0.1, 0.15) is 0 Å². The number of rotatable bonds is 14. The highest BCUT2D eigenvalue weighted by atomic mass is 16.5. The second kappa shape index (κ2) is 12.9. The maximum absolute atomic E-state index is 12.3. The third-order valence-corrected chi connectivity index (χ3v) is 4.18. The van der Waals surface area contributed by atoms with E-state index in [2.05, 4.69) is 0 Å². The molecule has 1 heterocycles. The maximum atomic E-state index is 12.3. The van der Waals surface area contributed by atoms with Crippen LogP contribution in [0.5, 0.6) is 0 Å². The van der Waals surface area contributed by atoms with Gasteiger partial charge in [0.2, 0.25) is 0 Å². The van der Waals surface area contributed by atoms with Crippen LogP contribution in [0.4, 0.5) is 4.79 Å². The van der Waals surface area contributed by atoms with Gasteiger partial charge in [-0.25, -0.2) is 4.79 Å². The standard InChI is InChI=1S/C19H30N2O7/c1-3-5-13-27-15(22)9-7-11-20-17(24)18(25)21(19(20)26)12-8-10-16(23)28-14-6-4-2/h3-14H2,1-2H3. The highest BCUT2D eigenvalue weighted by molar-refractivity contribution is 6.44. The average molecular weight is 398 g/mol. The Hall–Kier alpha value is -2.45. The molecule has 0 aromatic carbocycles. The van der Waals surface area contributed by atoms with Crippen molar-refractivity contribution >= 4 is 29.8 Å². The Bertz CT molecular complexity index is 529. The molecule has 158 valence electrons. The lowest BCUT2D eigenvalue weighted by Crippen LogP contribution is -2.35. The fourth-order valence-corrected chi connectivity index (χ4v) is 2.51. The van der Waals surface area contributed by atoms with Gasteiger partial charge in [0, 0.05) is 25.9 Å². The summed E-state index contributed by atoms with van der Waals surface area (Å²) in [6.45, 7) is 4.62. The van der Waals surface area contributed by atoms with Crippen molar-refractivity contribution in [1.82, 2.24) is 9.80 Å². The Balaban J connectivity index is 2.36. The molecule has 0 saturated carbocycles. The molecule has 0 spiro atoms. The predicted molar refractivity (Wildman–Crippen MR) is 99.0 cm³/mol. The first-order valence-electron chi connectivity index (χ1n) is 9.90. The molecule has 0 radical (unpaired) electrons. The van der Waals surface area contributed by atoms with E-state index < -0.39 is 29.8 Å². The SMILES string of the molecule is CCCCOC(=O)CCCN1C(=O)C(=O)N(CCCC(=O)OCCCC)C1=O. The number of imide groups is 2. The zero-order chi connectivity index (χ0) is 20.9. The van der Waals surface area contributed by atoms with Crippen LogP contribution in [0.15, 0.2) is 0 Å². The van der Waals surface area contributed by atoms with Crippen molar-refractivity contribution in [2.45, 2.75) is 65.2 Å². The number of unbranched alkanes of at least 4 members (excludes halogenated alkanes) is 2. The van der Waals surface area contributed by atoms with Gasteiger partial charge in [-0.1, -0.05) is 26.7 Å². The summed E-state index contributed by atoms with van der Waals surface area (Å²) in [5.41, 5.74) is 0. The van der Waals surface area contributed by atoms with E-state index in [1.54, 1.807) is 0 Å². The van der Waals surface area contributed by atoms with Crippen LogP contribution in [-0.2, 0) is 28.7 Å². The molecule has 0 atom stereocenters. The predicted octanol–water partition coefficient (Wildman–Crippen LogP) is 2.02. The minimum atomic E-state index is -0.908. The minimum Gasteiger partial charge on any atom is -0.466 e. The van der Waals surface area contributed by atoms with Gasteiger partial charge in [-0.15, -0.1) is 0 Å². The highest BCUT2D eigenvalue weighted by Gasteiger charge is 2.43. The molecule has 9 heteroatoms. The lowest BCUT2D eigenvalue weighted by molar-refractivity contribution is -0.145. The molecule has 1 aliphatic heterocycles. The monoisotopic (exact) mass is 398 g/mol. The Kier molecular flexibility index (Phi) is 10.8. The molecule has 1 saturated heterocycles. The molecule has 0 aliphatic carbocycles. The fourth-order valence-electron chi connectivity index (χ4n) is 2.51. The number of ether oxygens (including phenoxy) is 2. The summed E-state index contributed by atoms with van der Waals surface area (Å²) in [5, 5.41) is 0. The van der Waals surface area contributed by atoms with Crippen molar-refractivity contribution in [3.63, 3.8) is 0 Å². The summed E-state index contributed by atoms with van der Waals surface area (Å²) in [6, 6.07) is -0.714. The summed E-state index contributed by atoms with van der Waals surface area (Å²) in [7, 11) is 0. The molecule has 1 rings (SSSR count). The Morgan fingerprint density at radius 2 is 1.11 bits per heavy atom. The van der Waals surface area contributed by atoms with Crippen LogP contribution in [-0.4, -0.2) is 65.9 Å². The van der Waals surface area contributed by atoms with E-state index in [1.807, 2.05) is 13.8 Å². The number of esters is 2. The van der Waals surface area contributed by atoms with Crippen LogP contribution in [0.3, 0.4) is 0 Å². The molecule has 9 nitrogen and oxygen atoms in total. The number of carbonyl (C=O) groups is 5. The number of urea groups is 1. The van der Waals surface area contributed by atoms with E-state index >= 15 is 0 Å². The number of nitrogens with zero attached hydrogens (tertiary/aromatic N) is 2. The van der Waals surface area contributed by atoms with Crippen molar-refractivity contribution in [3.8, 4) is 0 Å². The molecule has 0 bridgehead atoms. The van der Waals surface area contributed by atoms with Gasteiger partial charge in [-0.3, -0.25) is 29.0 Å². The van der Waals surface area contributed by atoms with Crippen molar-refractivity contribution in [2.24, 2.45) is 0 Å². The summed E-state index contributed by atoms with van der Waals surface area (Å²) in [6.07, 6.45) is 3.99. The summed E-state index contributed by atoms with van der Waals surface area (Å²) < 4.78 is 10.0. The Labute approximate surface area is 165 Å². The lowest BCUT2D eigenvalue weighted by atomic mass is 10.3. The van der Waals surface area contributed by atoms with Crippen molar-refractivity contribution in [2.75, 3.05) is 26.3 Å². The first-order valence-corrected chi connectivity index (χ1v) is 9.90. The van der Waals surface area contributed by atoms with Crippen LogP contribution < -0.4 is 0 Å².